The lowest BCUT2D eigenvalue weighted by Gasteiger charge is -2.09. The van der Waals surface area contributed by atoms with Gasteiger partial charge in [-0.25, -0.2) is 0 Å². The number of hydrogen-bond donors (Lipinski definition) is 3. The molecule has 2 aromatic rings. The fourth-order valence-electron chi connectivity index (χ4n) is 2.29. The van der Waals surface area contributed by atoms with Crippen LogP contribution in [0.4, 0.5) is 0 Å². The first-order valence-corrected chi connectivity index (χ1v) is 7.87. The van der Waals surface area contributed by atoms with Crippen LogP contribution in [0.3, 0.4) is 0 Å². The van der Waals surface area contributed by atoms with Crippen molar-refractivity contribution in [2.45, 2.75) is 26.9 Å². The number of aryl methyl sites for hydroxylation is 1. The first-order valence-electron chi connectivity index (χ1n) is 7.87. The molecule has 0 saturated heterocycles. The van der Waals surface area contributed by atoms with Gasteiger partial charge in [0.05, 0.1) is 6.54 Å². The van der Waals surface area contributed by atoms with Gasteiger partial charge in [-0.05, 0) is 37.6 Å². The first kappa shape index (κ1) is 18.2. The predicted molar refractivity (Wildman–Crippen MR) is 96.2 cm³/mol. The molecule has 1 heterocycles. The smallest absolute Gasteiger partial charge is 0.251 e. The van der Waals surface area contributed by atoms with E-state index in [0.717, 1.165) is 5.56 Å². The Morgan fingerprint density at radius 3 is 2.44 bits per heavy atom. The topological polar surface area (TPSA) is 91.1 Å². The van der Waals surface area contributed by atoms with Crippen LogP contribution in [0.25, 0.3) is 0 Å². The molecule has 0 fully saturated rings. The van der Waals surface area contributed by atoms with E-state index in [1.165, 1.54) is 6.08 Å². The molecule has 0 bridgehead atoms. The van der Waals surface area contributed by atoms with Crippen molar-refractivity contribution < 1.29 is 9.59 Å². The molecule has 2 rings (SSSR count). The molecule has 0 aliphatic heterocycles. The summed E-state index contributed by atoms with van der Waals surface area (Å²) in [5.41, 5.74) is 3.30. The van der Waals surface area contributed by atoms with Crippen molar-refractivity contribution >= 4 is 11.8 Å². The fraction of sp³-hybridized carbons (Fsp3) is 0.211. The number of carbonyl (C=O) groups excluding carboxylic acids is 2. The molecule has 6 heteroatoms. The lowest BCUT2D eigenvalue weighted by Crippen LogP contribution is -2.25. The minimum Gasteiger partial charge on any atom is -0.363 e. The maximum atomic E-state index is 12.2. The standard InChI is InChI=1S/C19H21N3O3/c1-4-17(23)21-10-14-5-7-15(8-6-14)19(25)22-11-16-13(3)18(24)12(2)9-20-16/h4-9H,1,10-11H2,2-3H3,(H,20,24)(H,21,23)(H,22,25). The molecule has 0 radical (unpaired) electrons. The van der Waals surface area contributed by atoms with Crippen LogP contribution < -0.4 is 16.1 Å². The summed E-state index contributed by atoms with van der Waals surface area (Å²) < 4.78 is 0. The average Bonchev–Trinajstić information content (AvgIpc) is 2.63. The highest BCUT2D eigenvalue weighted by Gasteiger charge is 2.09. The highest BCUT2D eigenvalue weighted by Crippen LogP contribution is 2.06. The molecule has 130 valence electrons. The number of benzene rings is 1. The Morgan fingerprint density at radius 1 is 1.12 bits per heavy atom. The second-order valence-electron chi connectivity index (χ2n) is 5.71. The number of hydrogen-bond acceptors (Lipinski definition) is 3. The zero-order valence-electron chi connectivity index (χ0n) is 14.3. The summed E-state index contributed by atoms with van der Waals surface area (Å²) in [6.45, 7) is 7.48. The van der Waals surface area contributed by atoms with Crippen LogP contribution in [0.1, 0.15) is 32.7 Å². The second kappa shape index (κ2) is 8.10. The fourth-order valence-corrected chi connectivity index (χ4v) is 2.29. The molecular formula is C19H21N3O3. The summed E-state index contributed by atoms with van der Waals surface area (Å²) in [5, 5.41) is 5.46. The molecule has 25 heavy (non-hydrogen) atoms. The largest absolute Gasteiger partial charge is 0.363 e. The van der Waals surface area contributed by atoms with Crippen LogP contribution in [0.15, 0.2) is 47.9 Å². The van der Waals surface area contributed by atoms with E-state index in [1.807, 2.05) is 0 Å². The van der Waals surface area contributed by atoms with Crippen molar-refractivity contribution in [1.82, 2.24) is 15.6 Å². The highest BCUT2D eigenvalue weighted by atomic mass is 16.2. The molecule has 3 N–H and O–H groups in total. The van der Waals surface area contributed by atoms with Crippen molar-refractivity contribution in [3.8, 4) is 0 Å². The molecule has 2 amide bonds. The Labute approximate surface area is 146 Å². The van der Waals surface area contributed by atoms with Crippen molar-refractivity contribution in [2.24, 2.45) is 0 Å². The van der Waals surface area contributed by atoms with Gasteiger partial charge in [0.25, 0.3) is 5.91 Å². The Morgan fingerprint density at radius 2 is 1.80 bits per heavy atom. The third-order valence-electron chi connectivity index (χ3n) is 3.91. The number of amides is 2. The van der Waals surface area contributed by atoms with Crippen LogP contribution >= 0.6 is 0 Å². The summed E-state index contributed by atoms with van der Waals surface area (Å²) in [5.74, 6) is -0.480. The first-order chi connectivity index (χ1) is 11.9. The second-order valence-corrected chi connectivity index (χ2v) is 5.71. The molecule has 0 spiro atoms. The molecule has 1 aromatic heterocycles. The molecule has 0 aliphatic rings. The number of pyridine rings is 1. The van der Waals surface area contributed by atoms with E-state index in [-0.39, 0.29) is 23.8 Å². The van der Waals surface area contributed by atoms with Gasteiger partial charge in [-0.2, -0.15) is 0 Å². The molecule has 0 unspecified atom stereocenters. The maximum absolute atomic E-state index is 12.2. The van der Waals surface area contributed by atoms with Gasteiger partial charge in [0.1, 0.15) is 0 Å². The number of aromatic amines is 1. The predicted octanol–water partition coefficient (Wildman–Crippen LogP) is 1.72. The summed E-state index contributed by atoms with van der Waals surface area (Å²) in [7, 11) is 0. The van der Waals surface area contributed by atoms with Gasteiger partial charge in [0.15, 0.2) is 5.43 Å². The van der Waals surface area contributed by atoms with Crippen molar-refractivity contribution in [3.05, 3.63) is 81.3 Å². The lowest BCUT2D eigenvalue weighted by molar-refractivity contribution is -0.116. The number of nitrogens with one attached hydrogen (secondary N) is 3. The molecular weight excluding hydrogens is 318 g/mol. The Hall–Kier alpha value is -3.15. The van der Waals surface area contributed by atoms with E-state index >= 15 is 0 Å². The van der Waals surface area contributed by atoms with Crippen LogP contribution in [0.5, 0.6) is 0 Å². The SMILES string of the molecule is C=CC(=O)NCc1ccc(C(=O)NCc2[nH]cc(C)c(=O)c2C)cc1. The lowest BCUT2D eigenvalue weighted by atomic mass is 10.1. The third-order valence-corrected chi connectivity index (χ3v) is 3.91. The van der Waals surface area contributed by atoms with Crippen molar-refractivity contribution in [2.75, 3.05) is 0 Å². The van der Waals surface area contributed by atoms with Gasteiger partial charge in [-0.3, -0.25) is 14.4 Å². The zero-order chi connectivity index (χ0) is 18.4. The van der Waals surface area contributed by atoms with Crippen LogP contribution in [0, 0.1) is 13.8 Å². The molecule has 0 saturated carbocycles. The van der Waals surface area contributed by atoms with Gasteiger partial charge in [-0.15, -0.1) is 0 Å². The Balaban J connectivity index is 1.97. The van der Waals surface area contributed by atoms with Gasteiger partial charge < -0.3 is 15.6 Å². The third kappa shape index (κ3) is 4.67. The normalized spacial score (nSPS) is 10.2. The zero-order valence-corrected chi connectivity index (χ0v) is 14.3. The van der Waals surface area contributed by atoms with E-state index in [1.54, 1.807) is 44.3 Å². The monoisotopic (exact) mass is 339 g/mol. The van der Waals surface area contributed by atoms with E-state index in [4.69, 9.17) is 0 Å². The molecule has 1 aromatic carbocycles. The summed E-state index contributed by atoms with van der Waals surface area (Å²) in [6.07, 6.45) is 2.85. The summed E-state index contributed by atoms with van der Waals surface area (Å²) in [6, 6.07) is 6.93. The number of aromatic nitrogens is 1. The van der Waals surface area contributed by atoms with Crippen LogP contribution in [-0.2, 0) is 17.9 Å². The number of carbonyl (C=O) groups is 2. The van der Waals surface area contributed by atoms with Gasteiger partial charge in [0.2, 0.25) is 5.91 Å². The highest BCUT2D eigenvalue weighted by molar-refractivity contribution is 5.94. The van der Waals surface area contributed by atoms with Gasteiger partial charge in [-0.1, -0.05) is 18.7 Å². The molecule has 0 aliphatic carbocycles. The quantitative estimate of drug-likeness (QED) is 0.700. The Bertz CT molecular complexity index is 851. The number of rotatable bonds is 6. The van der Waals surface area contributed by atoms with Crippen LogP contribution in [-0.4, -0.2) is 16.8 Å². The Kier molecular flexibility index (Phi) is 5.89. The van der Waals surface area contributed by atoms with Crippen molar-refractivity contribution in [1.29, 1.82) is 0 Å². The summed E-state index contributed by atoms with van der Waals surface area (Å²) in [4.78, 5) is 38.3. The molecule has 0 atom stereocenters. The summed E-state index contributed by atoms with van der Waals surface area (Å²) >= 11 is 0. The van der Waals surface area contributed by atoms with Crippen LogP contribution in [0.2, 0.25) is 0 Å². The molecule has 6 nitrogen and oxygen atoms in total. The van der Waals surface area contributed by atoms with E-state index in [9.17, 15) is 14.4 Å². The van der Waals surface area contributed by atoms with Gasteiger partial charge >= 0.3 is 0 Å². The number of H-pyrrole nitrogens is 1. The maximum Gasteiger partial charge on any atom is 0.251 e. The van der Waals surface area contributed by atoms with E-state index in [2.05, 4.69) is 22.2 Å². The van der Waals surface area contributed by atoms with E-state index < -0.39 is 0 Å². The van der Waals surface area contributed by atoms with Crippen molar-refractivity contribution in [3.63, 3.8) is 0 Å². The minimum absolute atomic E-state index is 0.0195. The average molecular weight is 339 g/mol. The van der Waals surface area contributed by atoms with Gasteiger partial charge in [0, 0.05) is 35.1 Å². The van der Waals surface area contributed by atoms with E-state index in [0.29, 0.717) is 28.9 Å². The minimum atomic E-state index is -0.246.